The van der Waals surface area contributed by atoms with Crippen molar-refractivity contribution in [2.45, 2.75) is 219 Å². The lowest BCUT2D eigenvalue weighted by Gasteiger charge is -2.18. The third kappa shape index (κ3) is 49.2. The summed E-state index contributed by atoms with van der Waals surface area (Å²) in [5.74, 6) is -0.520. The van der Waals surface area contributed by atoms with Crippen LogP contribution in [0.4, 0.5) is 0 Å². The molecule has 0 saturated heterocycles. The second-order valence-electron chi connectivity index (χ2n) is 16.3. The fourth-order valence-corrected chi connectivity index (χ4v) is 6.51. The highest BCUT2D eigenvalue weighted by Gasteiger charge is 2.17. The zero-order valence-electron chi connectivity index (χ0n) is 40.3. The standard InChI is InChI=1S/C57H94O5/c1-4-7-10-13-16-19-22-25-27-28-29-30-31-33-35-38-41-44-47-50-56(58)61-54-55(53-60-52-49-46-43-40-37-34-26-23-20-17-14-11-8-5-2)62-57(59)51-48-45-42-39-36-32-24-21-18-15-12-9-6-3/h7,10,12,15-16,19-21,23-25,27,29-30,33,35,41,44,55H,4-6,8-9,11,13-14,17-18,22,26,28,31-32,34,36-40,42-43,45-54H2,1-3H3/b10-7-,15-12-,19-16-,23-20-,24-21-,27-25-,30-29-,35-33-,44-41-. The van der Waals surface area contributed by atoms with Crippen LogP contribution in [0.5, 0.6) is 0 Å². The number of unbranched alkanes of at least 4 members (excludes halogenated alkanes) is 16. The Morgan fingerprint density at radius 1 is 0.371 bits per heavy atom. The number of esters is 2. The molecule has 5 heteroatoms. The molecule has 0 bridgehead atoms. The van der Waals surface area contributed by atoms with E-state index in [1.807, 2.05) is 6.08 Å². The van der Waals surface area contributed by atoms with Crippen molar-refractivity contribution >= 4 is 11.9 Å². The Morgan fingerprint density at radius 3 is 1.31 bits per heavy atom. The van der Waals surface area contributed by atoms with Crippen LogP contribution in [-0.2, 0) is 23.8 Å². The highest BCUT2D eigenvalue weighted by Crippen LogP contribution is 2.12. The molecule has 0 N–H and O–H groups in total. The number of hydrogen-bond acceptors (Lipinski definition) is 5. The quantitative estimate of drug-likeness (QED) is 0.0347. The van der Waals surface area contributed by atoms with Gasteiger partial charge in [-0.15, -0.1) is 0 Å². The van der Waals surface area contributed by atoms with Gasteiger partial charge in [0.15, 0.2) is 6.10 Å². The Morgan fingerprint density at radius 2 is 0.790 bits per heavy atom. The van der Waals surface area contributed by atoms with Gasteiger partial charge in [0.05, 0.1) is 6.61 Å². The summed E-state index contributed by atoms with van der Waals surface area (Å²) < 4.78 is 17.3. The van der Waals surface area contributed by atoms with Crippen molar-refractivity contribution in [1.29, 1.82) is 0 Å². The molecule has 0 saturated carbocycles. The summed E-state index contributed by atoms with van der Waals surface area (Å²) >= 11 is 0. The summed E-state index contributed by atoms with van der Waals surface area (Å²) in [5, 5.41) is 0. The van der Waals surface area contributed by atoms with Gasteiger partial charge in [-0.05, 0) is 109 Å². The highest BCUT2D eigenvalue weighted by atomic mass is 16.6. The Bertz CT molecular complexity index is 1250. The molecule has 0 aliphatic heterocycles. The zero-order chi connectivity index (χ0) is 44.9. The van der Waals surface area contributed by atoms with Gasteiger partial charge in [-0.1, -0.05) is 201 Å². The molecular formula is C57H94O5. The van der Waals surface area contributed by atoms with Crippen molar-refractivity contribution in [3.8, 4) is 0 Å². The Balaban J connectivity index is 4.42. The Kier molecular flexibility index (Phi) is 49.0. The van der Waals surface area contributed by atoms with Crippen LogP contribution in [0.2, 0.25) is 0 Å². The average Bonchev–Trinajstić information content (AvgIpc) is 3.27. The second-order valence-corrected chi connectivity index (χ2v) is 16.3. The molecule has 0 rings (SSSR count). The van der Waals surface area contributed by atoms with Crippen molar-refractivity contribution < 1.29 is 23.8 Å². The normalized spacial score (nSPS) is 13.1. The van der Waals surface area contributed by atoms with Gasteiger partial charge >= 0.3 is 11.9 Å². The van der Waals surface area contributed by atoms with E-state index in [-0.39, 0.29) is 25.2 Å². The van der Waals surface area contributed by atoms with E-state index in [4.69, 9.17) is 14.2 Å². The van der Waals surface area contributed by atoms with Gasteiger partial charge < -0.3 is 14.2 Å². The molecule has 352 valence electrons. The van der Waals surface area contributed by atoms with E-state index in [9.17, 15) is 9.59 Å². The minimum Gasteiger partial charge on any atom is -0.462 e. The topological polar surface area (TPSA) is 61.8 Å². The van der Waals surface area contributed by atoms with Gasteiger partial charge in [0, 0.05) is 19.4 Å². The largest absolute Gasteiger partial charge is 0.462 e. The number of carbonyl (C=O) groups excluding carboxylic acids is 2. The molecule has 0 aromatic rings. The van der Waals surface area contributed by atoms with E-state index >= 15 is 0 Å². The van der Waals surface area contributed by atoms with Crippen LogP contribution in [0, 0.1) is 0 Å². The molecule has 0 amide bonds. The van der Waals surface area contributed by atoms with Crippen molar-refractivity contribution in [2.75, 3.05) is 19.8 Å². The predicted molar refractivity (Wildman–Crippen MR) is 269 cm³/mol. The molecule has 0 fully saturated rings. The van der Waals surface area contributed by atoms with Gasteiger partial charge in [0.2, 0.25) is 0 Å². The van der Waals surface area contributed by atoms with Crippen molar-refractivity contribution in [1.82, 2.24) is 0 Å². The summed E-state index contributed by atoms with van der Waals surface area (Å²) in [5.41, 5.74) is 0. The molecular weight excluding hydrogens is 765 g/mol. The first-order valence-electron chi connectivity index (χ1n) is 25.4. The van der Waals surface area contributed by atoms with E-state index in [2.05, 4.69) is 124 Å². The molecule has 0 heterocycles. The van der Waals surface area contributed by atoms with E-state index < -0.39 is 6.10 Å². The minimum absolute atomic E-state index is 0.0312. The molecule has 0 radical (unpaired) electrons. The Labute approximate surface area is 383 Å². The van der Waals surface area contributed by atoms with Crippen LogP contribution in [0.1, 0.15) is 213 Å². The van der Waals surface area contributed by atoms with E-state index in [1.54, 1.807) is 0 Å². The maximum Gasteiger partial charge on any atom is 0.306 e. The monoisotopic (exact) mass is 859 g/mol. The molecule has 0 aromatic heterocycles. The number of allylic oxidation sites excluding steroid dienone is 18. The molecule has 1 atom stereocenters. The van der Waals surface area contributed by atoms with Gasteiger partial charge in [-0.3, -0.25) is 9.59 Å². The molecule has 62 heavy (non-hydrogen) atoms. The van der Waals surface area contributed by atoms with Crippen LogP contribution in [0.15, 0.2) is 109 Å². The van der Waals surface area contributed by atoms with Gasteiger partial charge in [-0.2, -0.15) is 0 Å². The van der Waals surface area contributed by atoms with Gasteiger partial charge in [-0.25, -0.2) is 0 Å². The molecule has 0 spiro atoms. The van der Waals surface area contributed by atoms with E-state index in [0.717, 1.165) is 89.9 Å². The number of rotatable bonds is 45. The second kappa shape index (κ2) is 51.9. The summed E-state index contributed by atoms with van der Waals surface area (Å²) in [7, 11) is 0. The number of hydrogen-bond donors (Lipinski definition) is 0. The van der Waals surface area contributed by atoms with Crippen LogP contribution < -0.4 is 0 Å². The lowest BCUT2D eigenvalue weighted by Crippen LogP contribution is -2.30. The van der Waals surface area contributed by atoms with Gasteiger partial charge in [0.25, 0.3) is 0 Å². The lowest BCUT2D eigenvalue weighted by molar-refractivity contribution is -0.162. The summed E-state index contributed by atoms with van der Waals surface area (Å²) in [4.78, 5) is 25.3. The summed E-state index contributed by atoms with van der Waals surface area (Å²) in [6.07, 6.45) is 71.0. The predicted octanol–water partition coefficient (Wildman–Crippen LogP) is 17.2. The third-order valence-electron chi connectivity index (χ3n) is 10.3. The fourth-order valence-electron chi connectivity index (χ4n) is 6.51. The maximum atomic E-state index is 12.8. The first-order chi connectivity index (χ1) is 30.6. The fraction of sp³-hybridized carbons (Fsp3) is 0.649. The van der Waals surface area contributed by atoms with Crippen molar-refractivity contribution in [3.63, 3.8) is 0 Å². The minimum atomic E-state index is -0.583. The van der Waals surface area contributed by atoms with Crippen LogP contribution in [-0.4, -0.2) is 37.9 Å². The lowest BCUT2D eigenvalue weighted by atomic mass is 10.1. The highest BCUT2D eigenvalue weighted by molar-refractivity contribution is 5.70. The molecule has 0 aromatic carbocycles. The first kappa shape index (κ1) is 58.6. The maximum absolute atomic E-state index is 12.8. The molecule has 5 nitrogen and oxygen atoms in total. The Hall–Kier alpha value is -3.44. The smallest absolute Gasteiger partial charge is 0.306 e. The number of ether oxygens (including phenoxy) is 3. The zero-order valence-corrected chi connectivity index (χ0v) is 40.3. The van der Waals surface area contributed by atoms with Crippen LogP contribution in [0.3, 0.4) is 0 Å². The first-order valence-corrected chi connectivity index (χ1v) is 25.4. The third-order valence-corrected chi connectivity index (χ3v) is 10.3. The average molecular weight is 859 g/mol. The summed E-state index contributed by atoms with van der Waals surface area (Å²) in [6.45, 7) is 7.52. The summed E-state index contributed by atoms with van der Waals surface area (Å²) in [6, 6.07) is 0. The molecule has 1 unspecified atom stereocenters. The van der Waals surface area contributed by atoms with Crippen LogP contribution >= 0.6 is 0 Å². The van der Waals surface area contributed by atoms with Crippen molar-refractivity contribution in [2.24, 2.45) is 0 Å². The van der Waals surface area contributed by atoms with E-state index in [1.165, 1.54) is 83.5 Å². The van der Waals surface area contributed by atoms with E-state index in [0.29, 0.717) is 25.9 Å². The molecule has 0 aliphatic rings. The van der Waals surface area contributed by atoms with Crippen molar-refractivity contribution in [3.05, 3.63) is 109 Å². The van der Waals surface area contributed by atoms with Gasteiger partial charge in [0.1, 0.15) is 6.61 Å². The van der Waals surface area contributed by atoms with Crippen LogP contribution in [0.25, 0.3) is 0 Å². The number of carbonyl (C=O) groups is 2. The SMILES string of the molecule is CC/C=C\C/C=C\C/C=C\C/C=C\C/C=C\C/C=C\CCC(=O)OCC(COCCCCCCCC/C=C\CCCCCC)OC(=O)CCCCCCC/C=C\C/C=C\CCC. The molecule has 0 aliphatic carbocycles.